The molecule has 0 saturated carbocycles. The molecule has 1 aromatic heterocycles. The topological polar surface area (TPSA) is 12.9 Å². The molecule has 0 aliphatic rings. The summed E-state index contributed by atoms with van der Waals surface area (Å²) in [5.41, 5.74) is 2.25. The summed E-state index contributed by atoms with van der Waals surface area (Å²) in [4.78, 5) is 5.21. The van der Waals surface area contributed by atoms with E-state index in [0.29, 0.717) is 5.92 Å². The van der Waals surface area contributed by atoms with Crippen molar-refractivity contribution < 1.29 is 0 Å². The Morgan fingerprint density at radius 2 is 2.09 bits per heavy atom. The molecule has 0 unspecified atom stereocenters. The van der Waals surface area contributed by atoms with Gasteiger partial charge < -0.3 is 0 Å². The molecule has 11 heavy (non-hydrogen) atoms. The smallest absolute Gasteiger partial charge is 0.0505 e. The largest absolute Gasteiger partial charge is 0.260 e. The van der Waals surface area contributed by atoms with Gasteiger partial charge in [-0.05, 0) is 24.5 Å². The number of thiol groups is 1. The van der Waals surface area contributed by atoms with Gasteiger partial charge in [0.1, 0.15) is 0 Å². The third-order valence-electron chi connectivity index (χ3n) is 1.75. The molecule has 1 rings (SSSR count). The Hall–Kier alpha value is -0.500. The number of rotatable bonds is 1. The van der Waals surface area contributed by atoms with Gasteiger partial charge in [-0.25, -0.2) is 0 Å². The van der Waals surface area contributed by atoms with Crippen LogP contribution in [0.15, 0.2) is 17.2 Å². The highest BCUT2D eigenvalue weighted by Crippen LogP contribution is 2.18. The van der Waals surface area contributed by atoms with E-state index in [1.807, 2.05) is 13.1 Å². The first-order valence-corrected chi connectivity index (χ1v) is 4.21. The fraction of sp³-hybridized carbons (Fsp3) is 0.444. The molecule has 0 aliphatic heterocycles. The van der Waals surface area contributed by atoms with Crippen molar-refractivity contribution in [1.82, 2.24) is 4.98 Å². The van der Waals surface area contributed by atoms with Crippen LogP contribution < -0.4 is 0 Å². The quantitative estimate of drug-likeness (QED) is 0.635. The van der Waals surface area contributed by atoms with Gasteiger partial charge in [0.05, 0.1) is 5.69 Å². The Morgan fingerprint density at radius 3 is 2.55 bits per heavy atom. The minimum absolute atomic E-state index is 0.536. The lowest BCUT2D eigenvalue weighted by molar-refractivity contribution is 0.847. The fourth-order valence-electron chi connectivity index (χ4n) is 0.853. The molecule has 0 atom stereocenters. The first kappa shape index (κ1) is 8.60. The maximum Gasteiger partial charge on any atom is 0.0505 e. The van der Waals surface area contributed by atoms with E-state index < -0.39 is 0 Å². The second-order valence-corrected chi connectivity index (χ2v) is 3.51. The Balaban J connectivity index is 3.05. The summed E-state index contributed by atoms with van der Waals surface area (Å²) in [6, 6.07) is 2.08. The van der Waals surface area contributed by atoms with Crippen molar-refractivity contribution in [3.63, 3.8) is 0 Å². The van der Waals surface area contributed by atoms with E-state index >= 15 is 0 Å². The zero-order valence-corrected chi connectivity index (χ0v) is 8.02. The van der Waals surface area contributed by atoms with E-state index in [0.717, 1.165) is 10.6 Å². The fourth-order valence-corrected chi connectivity index (χ4v) is 1.06. The standard InChI is InChI=1S/C9H13NS/c1-6(2)8-4-9(11)7(3)10-5-8/h4-6,11H,1-3H3. The van der Waals surface area contributed by atoms with Gasteiger partial charge in [0, 0.05) is 11.1 Å². The van der Waals surface area contributed by atoms with Crippen molar-refractivity contribution in [1.29, 1.82) is 0 Å². The molecule has 2 heteroatoms. The summed E-state index contributed by atoms with van der Waals surface area (Å²) in [6.07, 6.45) is 1.92. The molecule has 0 aliphatic carbocycles. The first-order valence-electron chi connectivity index (χ1n) is 3.76. The summed E-state index contributed by atoms with van der Waals surface area (Å²) in [7, 11) is 0. The molecule has 1 heterocycles. The van der Waals surface area contributed by atoms with E-state index in [2.05, 4.69) is 37.5 Å². The maximum absolute atomic E-state index is 4.30. The molecule has 1 nitrogen and oxygen atoms in total. The van der Waals surface area contributed by atoms with Crippen LogP contribution in [0.25, 0.3) is 0 Å². The number of hydrogen-bond donors (Lipinski definition) is 1. The molecule has 0 saturated heterocycles. The van der Waals surface area contributed by atoms with Crippen LogP contribution in [0.1, 0.15) is 31.0 Å². The number of aryl methyl sites for hydroxylation is 1. The predicted molar refractivity (Wildman–Crippen MR) is 50.3 cm³/mol. The number of hydrogen-bond acceptors (Lipinski definition) is 2. The molecule has 0 N–H and O–H groups in total. The maximum atomic E-state index is 4.30. The van der Waals surface area contributed by atoms with Crippen LogP contribution >= 0.6 is 12.6 Å². The minimum atomic E-state index is 0.536. The van der Waals surface area contributed by atoms with Gasteiger partial charge in [-0.1, -0.05) is 13.8 Å². The van der Waals surface area contributed by atoms with Gasteiger partial charge in [0.15, 0.2) is 0 Å². The molecule has 60 valence electrons. The van der Waals surface area contributed by atoms with E-state index in [1.165, 1.54) is 5.56 Å². The van der Waals surface area contributed by atoms with Crippen LogP contribution in [-0.4, -0.2) is 4.98 Å². The molecule has 0 aromatic carbocycles. The number of pyridine rings is 1. The molecule has 0 fully saturated rings. The van der Waals surface area contributed by atoms with Gasteiger partial charge in [-0.3, -0.25) is 4.98 Å². The normalized spacial score (nSPS) is 10.6. The monoisotopic (exact) mass is 167 g/mol. The summed E-state index contributed by atoms with van der Waals surface area (Å²) in [5, 5.41) is 0. The summed E-state index contributed by atoms with van der Waals surface area (Å²) in [5.74, 6) is 0.536. The lowest BCUT2D eigenvalue weighted by atomic mass is 10.1. The van der Waals surface area contributed by atoms with Crippen LogP contribution in [0.3, 0.4) is 0 Å². The van der Waals surface area contributed by atoms with E-state index in [4.69, 9.17) is 0 Å². The summed E-state index contributed by atoms with van der Waals surface area (Å²) < 4.78 is 0. The summed E-state index contributed by atoms with van der Waals surface area (Å²) >= 11 is 4.30. The molecule has 0 spiro atoms. The predicted octanol–water partition coefficient (Wildman–Crippen LogP) is 2.80. The highest BCUT2D eigenvalue weighted by molar-refractivity contribution is 7.80. The highest BCUT2D eigenvalue weighted by Gasteiger charge is 2.01. The van der Waals surface area contributed by atoms with E-state index in [-0.39, 0.29) is 0 Å². The lowest BCUT2D eigenvalue weighted by Crippen LogP contribution is -1.91. The Kier molecular flexibility index (Phi) is 2.55. The SMILES string of the molecule is Cc1ncc(C(C)C)cc1S. The van der Waals surface area contributed by atoms with Crippen LogP contribution in [0.4, 0.5) is 0 Å². The minimum Gasteiger partial charge on any atom is -0.260 e. The van der Waals surface area contributed by atoms with Gasteiger partial charge in [-0.2, -0.15) is 0 Å². The number of aromatic nitrogens is 1. The van der Waals surface area contributed by atoms with Crippen LogP contribution in [0.2, 0.25) is 0 Å². The average Bonchev–Trinajstić information content (AvgIpc) is 1.94. The Bertz CT molecular complexity index is 256. The van der Waals surface area contributed by atoms with E-state index in [9.17, 15) is 0 Å². The van der Waals surface area contributed by atoms with Crippen molar-refractivity contribution >= 4 is 12.6 Å². The van der Waals surface area contributed by atoms with E-state index in [1.54, 1.807) is 0 Å². The number of nitrogens with zero attached hydrogens (tertiary/aromatic N) is 1. The third-order valence-corrected chi connectivity index (χ3v) is 2.20. The van der Waals surface area contributed by atoms with Gasteiger partial charge >= 0.3 is 0 Å². The third kappa shape index (κ3) is 1.96. The molecule has 0 radical (unpaired) electrons. The van der Waals surface area contributed by atoms with Gasteiger partial charge in [0.25, 0.3) is 0 Å². The van der Waals surface area contributed by atoms with Crippen molar-refractivity contribution in [2.24, 2.45) is 0 Å². The lowest BCUT2D eigenvalue weighted by Gasteiger charge is -2.05. The second-order valence-electron chi connectivity index (χ2n) is 3.03. The van der Waals surface area contributed by atoms with Crippen molar-refractivity contribution in [3.05, 3.63) is 23.5 Å². The Morgan fingerprint density at radius 1 is 1.45 bits per heavy atom. The zero-order chi connectivity index (χ0) is 8.43. The molecular weight excluding hydrogens is 154 g/mol. The van der Waals surface area contributed by atoms with Gasteiger partial charge in [0.2, 0.25) is 0 Å². The van der Waals surface area contributed by atoms with Crippen LogP contribution in [0, 0.1) is 6.92 Å². The van der Waals surface area contributed by atoms with Gasteiger partial charge in [-0.15, -0.1) is 12.6 Å². The van der Waals surface area contributed by atoms with Crippen molar-refractivity contribution in [3.8, 4) is 0 Å². The van der Waals surface area contributed by atoms with Crippen LogP contribution in [0.5, 0.6) is 0 Å². The molecule has 0 amide bonds. The second kappa shape index (κ2) is 3.26. The zero-order valence-electron chi connectivity index (χ0n) is 7.13. The van der Waals surface area contributed by atoms with Crippen molar-refractivity contribution in [2.75, 3.05) is 0 Å². The van der Waals surface area contributed by atoms with Crippen molar-refractivity contribution in [2.45, 2.75) is 31.6 Å². The van der Waals surface area contributed by atoms with Crippen LogP contribution in [-0.2, 0) is 0 Å². The molecule has 1 aromatic rings. The summed E-state index contributed by atoms with van der Waals surface area (Å²) in [6.45, 7) is 6.27. The molecule has 0 bridgehead atoms. The Labute approximate surface area is 73.3 Å². The first-order chi connectivity index (χ1) is 5.11. The average molecular weight is 167 g/mol. The highest BCUT2D eigenvalue weighted by atomic mass is 32.1. The molecular formula is C9H13NS.